The molecule has 2 amide bonds. The van der Waals surface area contributed by atoms with Crippen LogP contribution in [0.4, 0.5) is 19.3 Å². The fraction of sp³-hybridized carbons (Fsp3) is 0.364. The van der Waals surface area contributed by atoms with Gasteiger partial charge in [-0.3, -0.25) is 0 Å². The number of benzene rings is 1. The normalized spacial score (nSPS) is 11.1. The molecule has 0 radical (unpaired) electrons. The Balaban J connectivity index is 2.65. The number of aliphatic hydroxyl groups excluding tert-OH is 1. The number of amides is 2. The molecule has 4 nitrogen and oxygen atoms in total. The van der Waals surface area contributed by atoms with E-state index in [9.17, 15) is 13.6 Å². The van der Waals surface area contributed by atoms with Gasteiger partial charge in [0.25, 0.3) is 0 Å². The second kappa shape index (κ2) is 5.09. The van der Waals surface area contributed by atoms with Crippen molar-refractivity contribution >= 4 is 11.7 Å². The molecule has 0 heterocycles. The second-order valence-electron chi connectivity index (χ2n) is 4.25. The predicted molar refractivity (Wildman–Crippen MR) is 59.7 cm³/mol. The predicted octanol–water partition coefficient (Wildman–Crippen LogP) is 1.86. The summed E-state index contributed by atoms with van der Waals surface area (Å²) in [5.41, 5.74) is -0.655. The highest BCUT2D eigenvalue weighted by Gasteiger charge is 2.19. The number of rotatable bonds is 3. The Morgan fingerprint density at radius 1 is 1.35 bits per heavy atom. The molecule has 94 valence electrons. The zero-order valence-electron chi connectivity index (χ0n) is 9.55. The minimum atomic E-state index is -1.04. The van der Waals surface area contributed by atoms with Gasteiger partial charge in [-0.25, -0.2) is 13.6 Å². The van der Waals surface area contributed by atoms with Crippen molar-refractivity contribution in [1.29, 1.82) is 0 Å². The lowest BCUT2D eigenvalue weighted by Gasteiger charge is -2.23. The molecule has 0 aromatic heterocycles. The lowest BCUT2D eigenvalue weighted by atomic mass is 10.1. The van der Waals surface area contributed by atoms with Crippen LogP contribution in [0.25, 0.3) is 0 Å². The molecule has 0 aliphatic carbocycles. The fourth-order valence-electron chi connectivity index (χ4n) is 1.08. The molecule has 0 unspecified atom stereocenters. The van der Waals surface area contributed by atoms with Crippen molar-refractivity contribution in [1.82, 2.24) is 5.32 Å². The van der Waals surface area contributed by atoms with Crippen molar-refractivity contribution in [3.05, 3.63) is 29.8 Å². The molecule has 1 aromatic rings. The van der Waals surface area contributed by atoms with Crippen LogP contribution in [-0.2, 0) is 0 Å². The maximum atomic E-state index is 12.8. The maximum absolute atomic E-state index is 12.8. The van der Waals surface area contributed by atoms with E-state index in [2.05, 4.69) is 10.6 Å². The van der Waals surface area contributed by atoms with E-state index in [0.29, 0.717) is 0 Å². The van der Waals surface area contributed by atoms with E-state index >= 15 is 0 Å². The van der Waals surface area contributed by atoms with Gasteiger partial charge in [-0.1, -0.05) is 0 Å². The van der Waals surface area contributed by atoms with E-state index in [1.807, 2.05) is 0 Å². The Hall–Kier alpha value is -1.69. The number of urea groups is 1. The highest BCUT2D eigenvalue weighted by molar-refractivity contribution is 5.89. The zero-order chi connectivity index (χ0) is 13.1. The molecular formula is C11H14F2N2O2. The van der Waals surface area contributed by atoms with Crippen molar-refractivity contribution in [3.8, 4) is 0 Å². The summed E-state index contributed by atoms with van der Waals surface area (Å²) in [7, 11) is 0. The van der Waals surface area contributed by atoms with Crippen molar-refractivity contribution in [2.45, 2.75) is 19.4 Å². The molecule has 0 aliphatic rings. The number of nitrogens with one attached hydrogen (secondary N) is 2. The molecule has 0 atom stereocenters. The first-order chi connectivity index (χ1) is 7.84. The Kier molecular flexibility index (Phi) is 4.01. The Morgan fingerprint density at radius 3 is 2.53 bits per heavy atom. The van der Waals surface area contributed by atoms with Crippen LogP contribution in [0.2, 0.25) is 0 Å². The Bertz CT molecular complexity index is 422. The van der Waals surface area contributed by atoms with Crippen molar-refractivity contribution < 1.29 is 18.7 Å². The lowest BCUT2D eigenvalue weighted by Crippen LogP contribution is -2.48. The average molecular weight is 244 g/mol. The van der Waals surface area contributed by atoms with Crippen LogP contribution >= 0.6 is 0 Å². The summed E-state index contributed by atoms with van der Waals surface area (Å²) in [5.74, 6) is -2.02. The summed E-state index contributed by atoms with van der Waals surface area (Å²) in [4.78, 5) is 11.4. The number of hydrogen-bond donors (Lipinski definition) is 3. The molecule has 3 N–H and O–H groups in total. The molecule has 17 heavy (non-hydrogen) atoms. The standard InChI is InChI=1S/C11H14F2N2O2/c1-11(2,6-16)15-10(17)14-7-3-4-8(12)9(13)5-7/h3-5,16H,6H2,1-2H3,(H2,14,15,17). The third kappa shape index (κ3) is 3.99. The monoisotopic (exact) mass is 244 g/mol. The van der Waals surface area contributed by atoms with Crippen LogP contribution < -0.4 is 10.6 Å². The van der Waals surface area contributed by atoms with Crippen LogP contribution in [0.15, 0.2) is 18.2 Å². The van der Waals surface area contributed by atoms with E-state index in [1.54, 1.807) is 13.8 Å². The van der Waals surface area contributed by atoms with Crippen molar-refractivity contribution in [2.75, 3.05) is 11.9 Å². The summed E-state index contributed by atoms with van der Waals surface area (Å²) < 4.78 is 25.5. The maximum Gasteiger partial charge on any atom is 0.319 e. The lowest BCUT2D eigenvalue weighted by molar-refractivity contribution is 0.187. The van der Waals surface area contributed by atoms with Crippen molar-refractivity contribution in [2.24, 2.45) is 0 Å². The van der Waals surface area contributed by atoms with Gasteiger partial charge in [0.15, 0.2) is 11.6 Å². The summed E-state index contributed by atoms with van der Waals surface area (Å²) in [5, 5.41) is 13.7. The third-order valence-corrected chi connectivity index (χ3v) is 2.02. The van der Waals surface area contributed by atoms with Gasteiger partial charge in [-0.05, 0) is 26.0 Å². The topological polar surface area (TPSA) is 61.4 Å². The first kappa shape index (κ1) is 13.4. The number of aliphatic hydroxyl groups is 1. The van der Waals surface area contributed by atoms with Gasteiger partial charge < -0.3 is 15.7 Å². The van der Waals surface area contributed by atoms with E-state index in [4.69, 9.17) is 5.11 Å². The quantitative estimate of drug-likeness (QED) is 0.760. The Morgan fingerprint density at radius 2 is 2.00 bits per heavy atom. The van der Waals surface area contributed by atoms with Crippen LogP contribution in [0.5, 0.6) is 0 Å². The van der Waals surface area contributed by atoms with Gasteiger partial charge in [0.1, 0.15) is 0 Å². The third-order valence-electron chi connectivity index (χ3n) is 2.02. The molecule has 0 spiro atoms. The van der Waals surface area contributed by atoms with E-state index in [1.165, 1.54) is 6.07 Å². The number of carbonyl (C=O) groups excluding carboxylic acids is 1. The van der Waals surface area contributed by atoms with E-state index in [-0.39, 0.29) is 12.3 Å². The first-order valence-electron chi connectivity index (χ1n) is 4.99. The average Bonchev–Trinajstić information content (AvgIpc) is 2.23. The highest BCUT2D eigenvalue weighted by atomic mass is 19.2. The molecule has 6 heteroatoms. The van der Waals surface area contributed by atoms with Crippen LogP contribution in [0, 0.1) is 11.6 Å². The minimum Gasteiger partial charge on any atom is -0.394 e. The molecular weight excluding hydrogens is 230 g/mol. The summed E-state index contributed by atoms with van der Waals surface area (Å²) in [6.07, 6.45) is 0. The number of anilines is 1. The summed E-state index contributed by atoms with van der Waals surface area (Å²) >= 11 is 0. The summed E-state index contributed by atoms with van der Waals surface area (Å²) in [6, 6.07) is 2.43. The molecule has 0 aliphatic heterocycles. The zero-order valence-corrected chi connectivity index (χ0v) is 9.55. The van der Waals surface area contributed by atoms with Crippen molar-refractivity contribution in [3.63, 3.8) is 0 Å². The van der Waals surface area contributed by atoms with Gasteiger partial charge in [-0.15, -0.1) is 0 Å². The van der Waals surface area contributed by atoms with Gasteiger partial charge in [0.05, 0.1) is 12.1 Å². The van der Waals surface area contributed by atoms with Crippen LogP contribution in [-0.4, -0.2) is 23.3 Å². The molecule has 0 saturated carbocycles. The number of halogens is 2. The van der Waals surface area contributed by atoms with E-state index < -0.39 is 23.2 Å². The van der Waals surface area contributed by atoms with Crippen LogP contribution in [0.1, 0.15) is 13.8 Å². The fourth-order valence-corrected chi connectivity index (χ4v) is 1.08. The number of carbonyl (C=O) groups is 1. The first-order valence-corrected chi connectivity index (χ1v) is 4.99. The van der Waals surface area contributed by atoms with Crippen LogP contribution in [0.3, 0.4) is 0 Å². The molecule has 0 saturated heterocycles. The smallest absolute Gasteiger partial charge is 0.319 e. The molecule has 0 bridgehead atoms. The molecule has 0 fully saturated rings. The van der Waals surface area contributed by atoms with Gasteiger partial charge in [0.2, 0.25) is 0 Å². The molecule has 1 aromatic carbocycles. The minimum absolute atomic E-state index is 0.134. The second-order valence-corrected chi connectivity index (χ2v) is 4.25. The van der Waals surface area contributed by atoms with Gasteiger partial charge >= 0.3 is 6.03 Å². The largest absolute Gasteiger partial charge is 0.394 e. The summed E-state index contributed by atoms with van der Waals surface area (Å²) in [6.45, 7) is 3.01. The highest BCUT2D eigenvalue weighted by Crippen LogP contribution is 2.13. The van der Waals surface area contributed by atoms with Gasteiger partial charge in [-0.2, -0.15) is 0 Å². The number of hydrogen-bond acceptors (Lipinski definition) is 2. The Labute approximate surface area is 97.6 Å². The molecule has 1 rings (SSSR count). The van der Waals surface area contributed by atoms with Gasteiger partial charge in [0, 0.05) is 11.8 Å². The SMILES string of the molecule is CC(C)(CO)NC(=O)Nc1ccc(F)c(F)c1. The van der Waals surface area contributed by atoms with E-state index in [0.717, 1.165) is 12.1 Å².